The van der Waals surface area contributed by atoms with Crippen molar-refractivity contribution in [1.82, 2.24) is 10.3 Å². The Morgan fingerprint density at radius 1 is 1.05 bits per heavy atom. The number of benzene rings is 2. The average molecular weight is 544 g/mol. The number of carboxylic acids is 1. The second kappa shape index (κ2) is 12.9. The Morgan fingerprint density at radius 2 is 1.88 bits per heavy atom. The molecule has 0 radical (unpaired) electrons. The van der Waals surface area contributed by atoms with Crippen molar-refractivity contribution >= 4 is 17.6 Å². The minimum Gasteiger partial charge on any atom is -0.497 e. The Labute approximate surface area is 235 Å². The van der Waals surface area contributed by atoms with E-state index in [-0.39, 0.29) is 18.2 Å². The van der Waals surface area contributed by atoms with Crippen LogP contribution >= 0.6 is 0 Å². The van der Waals surface area contributed by atoms with E-state index in [1.165, 1.54) is 0 Å². The highest BCUT2D eigenvalue weighted by atomic mass is 16.5. The molecule has 2 heterocycles. The molecule has 1 saturated carbocycles. The maximum absolute atomic E-state index is 13.1. The summed E-state index contributed by atoms with van der Waals surface area (Å²) in [6, 6.07) is 17.3. The second-order valence-corrected chi connectivity index (χ2v) is 10.8. The Balaban J connectivity index is 1.18. The smallest absolute Gasteiger partial charge is 0.303 e. The number of hydrogen-bond acceptors (Lipinski definition) is 6. The van der Waals surface area contributed by atoms with Crippen LogP contribution in [-0.2, 0) is 11.3 Å². The SMILES string of the molecule is COc1ccc(C(=O)NCc2cccnc2)c(N2CCC(COc3cccc(C(CC(=O)O)C4CC4)c3)CC2)c1. The van der Waals surface area contributed by atoms with Gasteiger partial charge in [0.15, 0.2) is 0 Å². The zero-order valence-electron chi connectivity index (χ0n) is 22.9. The summed E-state index contributed by atoms with van der Waals surface area (Å²) in [5, 5.41) is 12.4. The van der Waals surface area contributed by atoms with Crippen molar-refractivity contribution in [3.05, 3.63) is 83.7 Å². The van der Waals surface area contributed by atoms with Gasteiger partial charge >= 0.3 is 5.97 Å². The molecular formula is C32H37N3O5. The number of piperidine rings is 1. The van der Waals surface area contributed by atoms with Crippen molar-refractivity contribution in [1.29, 1.82) is 0 Å². The molecule has 2 fully saturated rings. The third kappa shape index (κ3) is 7.11. The number of hydrogen-bond donors (Lipinski definition) is 2. The molecule has 1 unspecified atom stereocenters. The van der Waals surface area contributed by atoms with E-state index in [1.807, 2.05) is 54.6 Å². The Bertz CT molecular complexity index is 1300. The summed E-state index contributed by atoms with van der Waals surface area (Å²) in [5.41, 5.74) is 3.51. The van der Waals surface area contributed by atoms with Gasteiger partial charge in [-0.3, -0.25) is 14.6 Å². The number of rotatable bonds is 12. The van der Waals surface area contributed by atoms with Crippen molar-refractivity contribution in [3.8, 4) is 11.5 Å². The van der Waals surface area contributed by atoms with Crippen LogP contribution in [0.1, 0.15) is 59.5 Å². The number of nitrogens with one attached hydrogen (secondary N) is 1. The van der Waals surface area contributed by atoms with Gasteiger partial charge in [0.05, 0.1) is 31.4 Å². The molecule has 40 heavy (non-hydrogen) atoms. The number of ether oxygens (including phenoxy) is 2. The monoisotopic (exact) mass is 543 g/mol. The molecule has 0 bridgehead atoms. The van der Waals surface area contributed by atoms with Gasteiger partial charge < -0.3 is 24.8 Å². The van der Waals surface area contributed by atoms with E-state index >= 15 is 0 Å². The van der Waals surface area contributed by atoms with E-state index < -0.39 is 5.97 Å². The van der Waals surface area contributed by atoms with Crippen LogP contribution in [0.5, 0.6) is 11.5 Å². The molecule has 1 amide bonds. The number of aromatic nitrogens is 1. The number of pyridine rings is 1. The molecule has 1 atom stereocenters. The van der Waals surface area contributed by atoms with Crippen LogP contribution < -0.4 is 19.7 Å². The van der Waals surface area contributed by atoms with Gasteiger partial charge in [-0.2, -0.15) is 0 Å². The normalized spacial score (nSPS) is 16.3. The van der Waals surface area contributed by atoms with Gasteiger partial charge in [0.2, 0.25) is 0 Å². The van der Waals surface area contributed by atoms with Crippen molar-refractivity contribution in [2.45, 2.75) is 44.6 Å². The Morgan fingerprint density at radius 3 is 2.58 bits per heavy atom. The molecule has 0 spiro atoms. The number of carbonyl (C=O) groups is 2. The second-order valence-electron chi connectivity index (χ2n) is 10.8. The first-order chi connectivity index (χ1) is 19.5. The number of anilines is 1. The van der Waals surface area contributed by atoms with Gasteiger partial charge in [-0.25, -0.2) is 0 Å². The van der Waals surface area contributed by atoms with Crippen LogP contribution in [0.3, 0.4) is 0 Å². The predicted octanol–water partition coefficient (Wildman–Crippen LogP) is 5.28. The summed E-state index contributed by atoms with van der Waals surface area (Å²) in [6.45, 7) is 2.65. The van der Waals surface area contributed by atoms with E-state index in [0.29, 0.717) is 30.6 Å². The van der Waals surface area contributed by atoms with E-state index in [0.717, 1.165) is 67.1 Å². The molecule has 3 aromatic rings. The highest BCUT2D eigenvalue weighted by Gasteiger charge is 2.34. The molecule has 2 aromatic carbocycles. The van der Waals surface area contributed by atoms with E-state index in [1.54, 1.807) is 19.5 Å². The van der Waals surface area contributed by atoms with Crippen molar-refractivity contribution in [3.63, 3.8) is 0 Å². The van der Waals surface area contributed by atoms with E-state index in [4.69, 9.17) is 9.47 Å². The number of carbonyl (C=O) groups excluding carboxylic acids is 1. The molecule has 1 aliphatic carbocycles. The lowest BCUT2D eigenvalue weighted by Crippen LogP contribution is -2.37. The van der Waals surface area contributed by atoms with Crippen LogP contribution in [0.2, 0.25) is 0 Å². The molecule has 2 aliphatic rings. The Hall–Kier alpha value is -4.07. The molecule has 2 N–H and O–H groups in total. The topological polar surface area (TPSA) is 101 Å². The largest absolute Gasteiger partial charge is 0.497 e. The van der Waals surface area contributed by atoms with Gasteiger partial charge in [-0.15, -0.1) is 0 Å². The first kappa shape index (κ1) is 27.5. The van der Waals surface area contributed by atoms with Crippen molar-refractivity contribution in [2.24, 2.45) is 11.8 Å². The molecular weight excluding hydrogens is 506 g/mol. The molecule has 8 nitrogen and oxygen atoms in total. The summed E-state index contributed by atoms with van der Waals surface area (Å²) in [7, 11) is 1.63. The lowest BCUT2D eigenvalue weighted by Gasteiger charge is -2.34. The third-order valence-electron chi connectivity index (χ3n) is 7.94. The number of aliphatic carboxylic acids is 1. The highest BCUT2D eigenvalue weighted by molar-refractivity contribution is 6.00. The molecule has 5 rings (SSSR count). The lowest BCUT2D eigenvalue weighted by molar-refractivity contribution is -0.137. The number of amides is 1. The van der Waals surface area contributed by atoms with Crippen molar-refractivity contribution in [2.75, 3.05) is 31.7 Å². The van der Waals surface area contributed by atoms with Crippen LogP contribution in [0.25, 0.3) is 0 Å². The first-order valence-electron chi connectivity index (χ1n) is 14.0. The minimum atomic E-state index is -0.750. The summed E-state index contributed by atoms with van der Waals surface area (Å²) >= 11 is 0. The zero-order chi connectivity index (χ0) is 27.9. The molecule has 8 heteroatoms. The number of carboxylic acid groups (broad SMARTS) is 1. The maximum atomic E-state index is 13.1. The van der Waals surface area contributed by atoms with E-state index in [2.05, 4.69) is 15.2 Å². The minimum absolute atomic E-state index is 0.0582. The fourth-order valence-corrected chi connectivity index (χ4v) is 5.51. The predicted molar refractivity (Wildman–Crippen MR) is 153 cm³/mol. The van der Waals surface area contributed by atoms with Gasteiger partial charge in [-0.1, -0.05) is 18.2 Å². The van der Waals surface area contributed by atoms with Crippen molar-refractivity contribution < 1.29 is 24.2 Å². The maximum Gasteiger partial charge on any atom is 0.303 e. The Kier molecular flexibility index (Phi) is 8.84. The fraction of sp³-hybridized carbons (Fsp3) is 0.406. The van der Waals surface area contributed by atoms with Gasteiger partial charge in [0, 0.05) is 38.1 Å². The molecule has 1 aliphatic heterocycles. The zero-order valence-corrected chi connectivity index (χ0v) is 22.9. The van der Waals surface area contributed by atoms with Crippen LogP contribution in [-0.4, -0.2) is 48.8 Å². The number of nitrogens with zero attached hydrogens (tertiary/aromatic N) is 2. The molecule has 1 aromatic heterocycles. The summed E-state index contributed by atoms with van der Waals surface area (Å²) in [4.78, 5) is 30.9. The third-order valence-corrected chi connectivity index (χ3v) is 7.94. The highest BCUT2D eigenvalue weighted by Crippen LogP contribution is 2.45. The average Bonchev–Trinajstić information content (AvgIpc) is 3.84. The standard InChI is InChI=1S/C32H37N3O5/c1-39-26-9-10-28(32(38)34-20-23-4-3-13-33-19-23)30(17-26)35-14-11-22(12-15-35)21-40-27-6-2-5-25(16-27)29(18-31(36)37)24-7-8-24/h2-6,9-10,13,16-17,19,22,24,29H,7-8,11-12,14-15,18,20-21H2,1H3,(H,34,38)(H,36,37). The van der Waals surface area contributed by atoms with Gasteiger partial charge in [0.25, 0.3) is 5.91 Å². The van der Waals surface area contributed by atoms with Crippen LogP contribution in [0, 0.1) is 11.8 Å². The van der Waals surface area contributed by atoms with Gasteiger partial charge in [-0.05, 0) is 84.9 Å². The summed E-state index contributed by atoms with van der Waals surface area (Å²) in [5.74, 6) is 1.57. The fourth-order valence-electron chi connectivity index (χ4n) is 5.51. The molecule has 1 saturated heterocycles. The van der Waals surface area contributed by atoms with Crippen LogP contribution in [0.15, 0.2) is 67.0 Å². The lowest BCUT2D eigenvalue weighted by atomic mass is 9.91. The first-order valence-corrected chi connectivity index (χ1v) is 14.0. The van der Waals surface area contributed by atoms with E-state index in [9.17, 15) is 14.7 Å². The molecule has 210 valence electrons. The number of methoxy groups -OCH3 is 1. The van der Waals surface area contributed by atoms with Gasteiger partial charge in [0.1, 0.15) is 11.5 Å². The van der Waals surface area contributed by atoms with Crippen LogP contribution in [0.4, 0.5) is 5.69 Å². The quantitative estimate of drug-likeness (QED) is 0.320. The summed E-state index contributed by atoms with van der Waals surface area (Å²) in [6.07, 6.45) is 7.71. The summed E-state index contributed by atoms with van der Waals surface area (Å²) < 4.78 is 11.7.